The zero-order chi connectivity index (χ0) is 13.7. The van der Waals surface area contributed by atoms with Crippen molar-refractivity contribution < 1.29 is 0 Å². The minimum atomic E-state index is 0.668. The van der Waals surface area contributed by atoms with E-state index in [1.54, 1.807) is 6.20 Å². The van der Waals surface area contributed by atoms with Crippen LogP contribution >= 0.6 is 0 Å². The molecule has 2 rings (SSSR count). The van der Waals surface area contributed by atoms with E-state index in [4.69, 9.17) is 0 Å². The van der Waals surface area contributed by atoms with Gasteiger partial charge in [-0.25, -0.2) is 4.98 Å². The third-order valence-corrected chi connectivity index (χ3v) is 2.92. The molecule has 0 fully saturated rings. The lowest BCUT2D eigenvalue weighted by Crippen LogP contribution is -2.06. The van der Waals surface area contributed by atoms with Crippen molar-refractivity contribution in [2.45, 2.75) is 6.92 Å². The van der Waals surface area contributed by atoms with E-state index in [1.807, 2.05) is 37.3 Å². The second-order valence-electron chi connectivity index (χ2n) is 4.50. The summed E-state index contributed by atoms with van der Waals surface area (Å²) in [6, 6.07) is 14.1. The number of aromatic nitrogens is 1. The van der Waals surface area contributed by atoms with Gasteiger partial charge in [-0.05, 0) is 35.8 Å². The topological polar surface area (TPSA) is 24.9 Å². The molecule has 0 saturated carbocycles. The molecule has 0 aliphatic carbocycles. The largest absolute Gasteiger partial charge is 0.365 e. The fraction of sp³-hybridized carbons (Fsp3) is 0.118. The SMILES string of the molecule is C=C(CNc1ncccc1C(=C)C)c1ccccc1. The molecule has 2 aromatic rings. The lowest BCUT2D eigenvalue weighted by molar-refractivity contribution is 1.22. The highest BCUT2D eigenvalue weighted by Crippen LogP contribution is 2.20. The summed E-state index contributed by atoms with van der Waals surface area (Å²) in [7, 11) is 0. The maximum absolute atomic E-state index is 4.35. The lowest BCUT2D eigenvalue weighted by Gasteiger charge is -2.12. The average Bonchev–Trinajstić information content (AvgIpc) is 2.46. The molecule has 1 N–H and O–H groups in total. The molecular weight excluding hydrogens is 232 g/mol. The Hall–Kier alpha value is -2.35. The third kappa shape index (κ3) is 3.32. The van der Waals surface area contributed by atoms with Crippen LogP contribution in [0.3, 0.4) is 0 Å². The van der Waals surface area contributed by atoms with Gasteiger partial charge in [0.1, 0.15) is 5.82 Å². The summed E-state index contributed by atoms with van der Waals surface area (Å²) in [4.78, 5) is 4.35. The van der Waals surface area contributed by atoms with Crippen LogP contribution < -0.4 is 5.32 Å². The zero-order valence-corrected chi connectivity index (χ0v) is 11.2. The van der Waals surface area contributed by atoms with Crippen molar-refractivity contribution in [3.8, 4) is 0 Å². The summed E-state index contributed by atoms with van der Waals surface area (Å²) < 4.78 is 0. The first-order valence-electron chi connectivity index (χ1n) is 6.26. The average molecular weight is 250 g/mol. The Labute approximate surface area is 114 Å². The van der Waals surface area contributed by atoms with Crippen LogP contribution in [0.5, 0.6) is 0 Å². The van der Waals surface area contributed by atoms with E-state index in [9.17, 15) is 0 Å². The molecule has 1 aromatic heterocycles. The van der Waals surface area contributed by atoms with Crippen molar-refractivity contribution >= 4 is 17.0 Å². The van der Waals surface area contributed by atoms with Crippen LogP contribution in [0.1, 0.15) is 18.1 Å². The smallest absolute Gasteiger partial charge is 0.133 e. The van der Waals surface area contributed by atoms with E-state index < -0.39 is 0 Å². The van der Waals surface area contributed by atoms with Gasteiger partial charge in [-0.3, -0.25) is 0 Å². The van der Waals surface area contributed by atoms with Gasteiger partial charge in [0.2, 0.25) is 0 Å². The van der Waals surface area contributed by atoms with Crippen LogP contribution in [0, 0.1) is 0 Å². The quantitative estimate of drug-likeness (QED) is 0.858. The van der Waals surface area contributed by atoms with Crippen molar-refractivity contribution in [3.05, 3.63) is 72.9 Å². The molecule has 0 spiro atoms. The molecule has 0 radical (unpaired) electrons. The molecule has 0 amide bonds. The molecule has 0 saturated heterocycles. The first-order chi connectivity index (χ1) is 9.18. The Balaban J connectivity index is 2.07. The number of pyridine rings is 1. The van der Waals surface area contributed by atoms with E-state index in [-0.39, 0.29) is 0 Å². The molecular formula is C17H18N2. The van der Waals surface area contributed by atoms with Gasteiger partial charge in [0.25, 0.3) is 0 Å². The first kappa shape index (κ1) is 13.1. The molecule has 0 atom stereocenters. The van der Waals surface area contributed by atoms with Crippen molar-refractivity contribution in [3.63, 3.8) is 0 Å². The maximum atomic E-state index is 4.35. The molecule has 2 heteroatoms. The normalized spacial score (nSPS) is 9.95. The summed E-state index contributed by atoms with van der Waals surface area (Å²) in [6.45, 7) is 10.7. The van der Waals surface area contributed by atoms with E-state index in [2.05, 4.69) is 35.6 Å². The molecule has 0 unspecified atom stereocenters. The number of nitrogens with one attached hydrogen (secondary N) is 1. The molecule has 0 bridgehead atoms. The highest BCUT2D eigenvalue weighted by atomic mass is 15.0. The number of hydrogen-bond donors (Lipinski definition) is 1. The van der Waals surface area contributed by atoms with Gasteiger partial charge in [-0.15, -0.1) is 0 Å². The minimum Gasteiger partial charge on any atom is -0.365 e. The molecule has 96 valence electrons. The van der Waals surface area contributed by atoms with Crippen molar-refractivity contribution in [1.29, 1.82) is 0 Å². The summed E-state index contributed by atoms with van der Waals surface area (Å²) in [5.74, 6) is 0.854. The predicted molar refractivity (Wildman–Crippen MR) is 82.9 cm³/mol. The van der Waals surface area contributed by atoms with Crippen LogP contribution in [0.2, 0.25) is 0 Å². The van der Waals surface area contributed by atoms with Crippen molar-refractivity contribution in [1.82, 2.24) is 4.98 Å². The fourth-order valence-corrected chi connectivity index (χ4v) is 1.86. The number of nitrogens with zero attached hydrogens (tertiary/aromatic N) is 1. The second-order valence-corrected chi connectivity index (χ2v) is 4.50. The van der Waals surface area contributed by atoms with Gasteiger partial charge >= 0.3 is 0 Å². The second kappa shape index (κ2) is 6.01. The van der Waals surface area contributed by atoms with Crippen molar-refractivity contribution in [2.75, 3.05) is 11.9 Å². The van der Waals surface area contributed by atoms with Crippen LogP contribution in [0.25, 0.3) is 11.1 Å². The first-order valence-corrected chi connectivity index (χ1v) is 6.26. The fourth-order valence-electron chi connectivity index (χ4n) is 1.86. The van der Waals surface area contributed by atoms with Gasteiger partial charge in [0.05, 0.1) is 0 Å². The van der Waals surface area contributed by atoms with Gasteiger partial charge in [-0.2, -0.15) is 0 Å². The minimum absolute atomic E-state index is 0.668. The molecule has 19 heavy (non-hydrogen) atoms. The van der Waals surface area contributed by atoms with Crippen LogP contribution in [0.15, 0.2) is 61.8 Å². The molecule has 0 aliphatic rings. The van der Waals surface area contributed by atoms with E-state index >= 15 is 0 Å². The Morgan fingerprint density at radius 3 is 2.53 bits per heavy atom. The Bertz CT molecular complexity index is 585. The number of anilines is 1. The van der Waals surface area contributed by atoms with Crippen LogP contribution in [0.4, 0.5) is 5.82 Å². The Morgan fingerprint density at radius 2 is 1.84 bits per heavy atom. The summed E-state index contributed by atoms with van der Waals surface area (Å²) in [6.07, 6.45) is 1.78. The molecule has 1 aromatic carbocycles. The van der Waals surface area contributed by atoms with Gasteiger partial charge < -0.3 is 5.32 Å². The number of hydrogen-bond acceptors (Lipinski definition) is 2. The maximum Gasteiger partial charge on any atom is 0.133 e. The van der Waals surface area contributed by atoms with E-state index in [0.717, 1.165) is 28.1 Å². The lowest BCUT2D eigenvalue weighted by atomic mass is 10.1. The summed E-state index contributed by atoms with van der Waals surface area (Å²) in [5, 5.41) is 3.32. The van der Waals surface area contributed by atoms with Crippen molar-refractivity contribution in [2.24, 2.45) is 0 Å². The van der Waals surface area contributed by atoms with Gasteiger partial charge in [0, 0.05) is 18.3 Å². The van der Waals surface area contributed by atoms with Crippen LogP contribution in [-0.4, -0.2) is 11.5 Å². The zero-order valence-electron chi connectivity index (χ0n) is 11.2. The monoisotopic (exact) mass is 250 g/mol. The van der Waals surface area contributed by atoms with Gasteiger partial charge in [-0.1, -0.05) is 43.5 Å². The van der Waals surface area contributed by atoms with E-state index in [0.29, 0.717) is 6.54 Å². The van der Waals surface area contributed by atoms with E-state index in [1.165, 1.54) is 0 Å². The molecule has 0 aliphatic heterocycles. The Kier molecular flexibility index (Phi) is 4.14. The van der Waals surface area contributed by atoms with Crippen LogP contribution in [-0.2, 0) is 0 Å². The summed E-state index contributed by atoms with van der Waals surface area (Å²) in [5.41, 5.74) is 4.23. The number of allylic oxidation sites excluding steroid dienone is 1. The predicted octanol–water partition coefficient (Wildman–Crippen LogP) is 4.24. The Morgan fingerprint density at radius 1 is 1.11 bits per heavy atom. The third-order valence-electron chi connectivity index (χ3n) is 2.92. The number of rotatable bonds is 5. The highest BCUT2D eigenvalue weighted by Gasteiger charge is 2.04. The standard InChI is InChI=1S/C17H18N2/c1-13(2)16-10-7-11-18-17(16)19-12-14(3)15-8-5-4-6-9-15/h4-11H,1,3,12H2,2H3,(H,18,19). The number of benzene rings is 1. The highest BCUT2D eigenvalue weighted by molar-refractivity contribution is 5.73. The molecule has 2 nitrogen and oxygen atoms in total. The molecule has 1 heterocycles. The van der Waals surface area contributed by atoms with Gasteiger partial charge in [0.15, 0.2) is 0 Å². The summed E-state index contributed by atoms with van der Waals surface area (Å²) >= 11 is 0.